The first-order valence-electron chi connectivity index (χ1n) is 9.55. The summed E-state index contributed by atoms with van der Waals surface area (Å²) in [4.78, 5) is 23.7. The van der Waals surface area contributed by atoms with Gasteiger partial charge in [0, 0.05) is 24.8 Å². The minimum absolute atomic E-state index is 0.0214. The summed E-state index contributed by atoms with van der Waals surface area (Å²) in [5.41, 5.74) is 1.36. The minimum Gasteiger partial charge on any atom is -0.351 e. The molecule has 0 spiro atoms. The van der Waals surface area contributed by atoms with E-state index in [1.807, 2.05) is 11.8 Å². The average molecular weight is 332 g/mol. The molecule has 0 radical (unpaired) electrons. The first-order chi connectivity index (χ1) is 11.6. The van der Waals surface area contributed by atoms with Gasteiger partial charge in [-0.1, -0.05) is 39.5 Å². The van der Waals surface area contributed by atoms with Crippen molar-refractivity contribution in [2.24, 2.45) is 0 Å². The van der Waals surface area contributed by atoms with E-state index in [0.29, 0.717) is 17.7 Å². The quantitative estimate of drug-likeness (QED) is 0.761. The Balaban J connectivity index is 2.12. The summed E-state index contributed by atoms with van der Waals surface area (Å²) in [5, 5.41) is 3.47. The Morgan fingerprint density at radius 1 is 1.12 bits per heavy atom. The van der Waals surface area contributed by atoms with Crippen LogP contribution in [0.15, 0.2) is 6.07 Å². The second kappa shape index (κ2) is 9.60. The van der Waals surface area contributed by atoms with Crippen LogP contribution in [0.2, 0.25) is 0 Å². The molecule has 0 aliphatic heterocycles. The Bertz CT molecular complexity index is 518. The molecule has 1 aromatic rings. The van der Waals surface area contributed by atoms with E-state index in [1.54, 1.807) is 6.07 Å². The number of rotatable bonds is 7. The third-order valence-corrected chi connectivity index (χ3v) is 4.54. The SMILES string of the molecule is CCCN(CCC)C(=O)c1cc(C)nc(NC2CCCCCC2)n1. The van der Waals surface area contributed by atoms with E-state index in [1.165, 1.54) is 38.5 Å². The van der Waals surface area contributed by atoms with Gasteiger partial charge >= 0.3 is 0 Å². The van der Waals surface area contributed by atoms with Gasteiger partial charge in [-0.2, -0.15) is 0 Å². The van der Waals surface area contributed by atoms with Crippen molar-refractivity contribution in [1.29, 1.82) is 0 Å². The summed E-state index contributed by atoms with van der Waals surface area (Å²) in [6.07, 6.45) is 9.41. The standard InChI is InChI=1S/C19H32N4O/c1-4-12-23(13-5-2)18(24)17-14-15(3)20-19(22-17)21-16-10-8-6-7-9-11-16/h14,16H,4-13H2,1-3H3,(H,20,21,22). The monoisotopic (exact) mass is 332 g/mol. The molecule has 5 heteroatoms. The van der Waals surface area contributed by atoms with Crippen LogP contribution in [-0.4, -0.2) is 39.9 Å². The molecule has 24 heavy (non-hydrogen) atoms. The molecular weight excluding hydrogens is 300 g/mol. The maximum Gasteiger partial charge on any atom is 0.272 e. The van der Waals surface area contributed by atoms with E-state index in [2.05, 4.69) is 29.1 Å². The zero-order chi connectivity index (χ0) is 17.4. The zero-order valence-electron chi connectivity index (χ0n) is 15.5. The van der Waals surface area contributed by atoms with E-state index in [0.717, 1.165) is 31.6 Å². The van der Waals surface area contributed by atoms with Crippen LogP contribution in [-0.2, 0) is 0 Å². The minimum atomic E-state index is 0.0214. The zero-order valence-corrected chi connectivity index (χ0v) is 15.5. The summed E-state index contributed by atoms with van der Waals surface area (Å²) >= 11 is 0. The Labute approximate surface area is 146 Å². The van der Waals surface area contributed by atoms with Crippen molar-refractivity contribution in [2.75, 3.05) is 18.4 Å². The van der Waals surface area contributed by atoms with E-state index in [9.17, 15) is 4.79 Å². The van der Waals surface area contributed by atoms with Gasteiger partial charge in [0.15, 0.2) is 0 Å². The molecule has 0 atom stereocenters. The first-order valence-corrected chi connectivity index (χ1v) is 9.55. The van der Waals surface area contributed by atoms with Crippen LogP contribution in [0.5, 0.6) is 0 Å². The number of hydrogen-bond donors (Lipinski definition) is 1. The Hall–Kier alpha value is -1.65. The van der Waals surface area contributed by atoms with Crippen molar-refractivity contribution in [3.63, 3.8) is 0 Å². The number of anilines is 1. The second-order valence-corrected chi connectivity index (χ2v) is 6.84. The van der Waals surface area contributed by atoms with Gasteiger partial charge in [0.05, 0.1) is 0 Å². The third-order valence-electron chi connectivity index (χ3n) is 4.54. The smallest absolute Gasteiger partial charge is 0.272 e. The van der Waals surface area contributed by atoms with Crippen LogP contribution < -0.4 is 5.32 Å². The molecule has 0 aromatic carbocycles. The second-order valence-electron chi connectivity index (χ2n) is 6.84. The number of nitrogens with one attached hydrogen (secondary N) is 1. The summed E-state index contributed by atoms with van der Waals surface area (Å²) < 4.78 is 0. The van der Waals surface area contributed by atoms with Gasteiger partial charge in [0.25, 0.3) is 5.91 Å². The number of aromatic nitrogens is 2. The molecule has 2 rings (SSSR count). The lowest BCUT2D eigenvalue weighted by molar-refractivity contribution is 0.0749. The van der Waals surface area contributed by atoms with Crippen LogP contribution in [0.1, 0.15) is 81.4 Å². The average Bonchev–Trinajstić information content (AvgIpc) is 2.82. The van der Waals surface area contributed by atoms with Gasteiger partial charge in [-0.3, -0.25) is 4.79 Å². The van der Waals surface area contributed by atoms with Crippen LogP contribution >= 0.6 is 0 Å². The van der Waals surface area contributed by atoms with E-state index in [-0.39, 0.29) is 5.91 Å². The Kier molecular flexibility index (Phi) is 7.47. The van der Waals surface area contributed by atoms with Crippen LogP contribution in [0.3, 0.4) is 0 Å². The molecule has 1 aromatic heterocycles. The number of amides is 1. The van der Waals surface area contributed by atoms with Gasteiger partial charge in [0.1, 0.15) is 5.69 Å². The van der Waals surface area contributed by atoms with Crippen molar-refractivity contribution < 1.29 is 4.79 Å². The van der Waals surface area contributed by atoms with Gasteiger partial charge in [0.2, 0.25) is 5.95 Å². The van der Waals surface area contributed by atoms with E-state index >= 15 is 0 Å². The maximum absolute atomic E-state index is 12.8. The number of hydrogen-bond acceptors (Lipinski definition) is 4. The highest BCUT2D eigenvalue weighted by atomic mass is 16.2. The molecular formula is C19H32N4O. The van der Waals surface area contributed by atoms with Gasteiger partial charge in [-0.25, -0.2) is 9.97 Å². The molecule has 1 fully saturated rings. The predicted molar refractivity (Wildman–Crippen MR) is 98.4 cm³/mol. The molecule has 0 bridgehead atoms. The van der Waals surface area contributed by atoms with E-state index < -0.39 is 0 Å². The predicted octanol–water partition coefficient (Wildman–Crippen LogP) is 4.18. The lowest BCUT2D eigenvalue weighted by Crippen LogP contribution is -2.33. The molecule has 5 nitrogen and oxygen atoms in total. The molecule has 1 amide bonds. The number of nitrogens with zero attached hydrogens (tertiary/aromatic N) is 3. The van der Waals surface area contributed by atoms with Crippen LogP contribution in [0.25, 0.3) is 0 Å². The Morgan fingerprint density at radius 2 is 1.75 bits per heavy atom. The van der Waals surface area contributed by atoms with E-state index in [4.69, 9.17) is 0 Å². The fourth-order valence-corrected chi connectivity index (χ4v) is 3.37. The summed E-state index contributed by atoms with van der Waals surface area (Å²) in [6.45, 7) is 7.68. The molecule has 1 N–H and O–H groups in total. The van der Waals surface area contributed by atoms with Crippen molar-refractivity contribution in [1.82, 2.24) is 14.9 Å². The number of carbonyl (C=O) groups is 1. The highest BCUT2D eigenvalue weighted by Gasteiger charge is 2.19. The summed E-state index contributed by atoms with van der Waals surface area (Å²) in [7, 11) is 0. The van der Waals surface area contributed by atoms with Gasteiger partial charge < -0.3 is 10.2 Å². The van der Waals surface area contributed by atoms with Crippen LogP contribution in [0.4, 0.5) is 5.95 Å². The molecule has 0 saturated heterocycles. The fourth-order valence-electron chi connectivity index (χ4n) is 3.37. The molecule has 1 saturated carbocycles. The lowest BCUT2D eigenvalue weighted by Gasteiger charge is -2.22. The highest BCUT2D eigenvalue weighted by molar-refractivity contribution is 5.92. The molecule has 134 valence electrons. The van der Waals surface area contributed by atoms with Gasteiger partial charge in [-0.05, 0) is 38.7 Å². The molecule has 0 unspecified atom stereocenters. The fraction of sp³-hybridized carbons (Fsp3) is 0.737. The summed E-state index contributed by atoms with van der Waals surface area (Å²) in [6, 6.07) is 2.23. The molecule has 1 aliphatic rings. The lowest BCUT2D eigenvalue weighted by atomic mass is 10.1. The van der Waals surface area contributed by atoms with Gasteiger partial charge in [-0.15, -0.1) is 0 Å². The largest absolute Gasteiger partial charge is 0.351 e. The van der Waals surface area contributed by atoms with Crippen molar-refractivity contribution in [3.8, 4) is 0 Å². The number of carbonyl (C=O) groups excluding carboxylic acids is 1. The van der Waals surface area contributed by atoms with Crippen LogP contribution in [0, 0.1) is 6.92 Å². The maximum atomic E-state index is 12.8. The molecule has 1 heterocycles. The Morgan fingerprint density at radius 3 is 2.33 bits per heavy atom. The van der Waals surface area contributed by atoms with Crippen molar-refractivity contribution >= 4 is 11.9 Å². The molecule has 1 aliphatic carbocycles. The highest BCUT2D eigenvalue weighted by Crippen LogP contribution is 2.20. The van der Waals surface area contributed by atoms with Crippen molar-refractivity contribution in [2.45, 2.75) is 78.2 Å². The topological polar surface area (TPSA) is 58.1 Å². The number of aryl methyl sites for hydroxylation is 1. The normalized spacial score (nSPS) is 15.8. The summed E-state index contributed by atoms with van der Waals surface area (Å²) in [5.74, 6) is 0.631. The third kappa shape index (κ3) is 5.46. The van der Waals surface area contributed by atoms with Crippen molar-refractivity contribution in [3.05, 3.63) is 17.5 Å². The first kappa shape index (κ1) is 18.7.